The van der Waals surface area contributed by atoms with Crippen LogP contribution in [0.1, 0.15) is 19.4 Å². The molecule has 0 unspecified atom stereocenters. The van der Waals surface area contributed by atoms with Crippen molar-refractivity contribution < 1.29 is 19.1 Å². The van der Waals surface area contributed by atoms with Crippen molar-refractivity contribution in [3.05, 3.63) is 60.2 Å². The lowest BCUT2D eigenvalue weighted by Gasteiger charge is -2.28. The Morgan fingerprint density at radius 2 is 1.78 bits per heavy atom. The van der Waals surface area contributed by atoms with Crippen molar-refractivity contribution >= 4 is 11.8 Å². The first-order valence-corrected chi connectivity index (χ1v) is 8.93. The number of hydrogen-bond donors (Lipinski definition) is 1. The predicted molar refractivity (Wildman–Crippen MR) is 104 cm³/mol. The zero-order valence-electron chi connectivity index (χ0n) is 16.0. The zero-order valence-corrected chi connectivity index (χ0v) is 16.0. The summed E-state index contributed by atoms with van der Waals surface area (Å²) in [5.41, 5.74) is 0.874. The number of carbonyl (C=O) groups is 2. The molecule has 6 nitrogen and oxygen atoms in total. The number of ether oxygens (including phenoxy) is 2. The second-order valence-corrected chi connectivity index (χ2v) is 6.05. The number of nitrogens with zero attached hydrogens (tertiary/aromatic N) is 1. The Kier molecular flexibility index (Phi) is 7.67. The maximum atomic E-state index is 12.8. The number of rotatable bonds is 9. The van der Waals surface area contributed by atoms with Gasteiger partial charge < -0.3 is 19.7 Å². The molecule has 27 heavy (non-hydrogen) atoms. The molecule has 0 spiro atoms. The van der Waals surface area contributed by atoms with Crippen molar-refractivity contribution in [1.29, 1.82) is 0 Å². The summed E-state index contributed by atoms with van der Waals surface area (Å²) in [6.07, 6.45) is 0. The van der Waals surface area contributed by atoms with Gasteiger partial charge >= 0.3 is 0 Å². The Balaban J connectivity index is 2.14. The molecule has 1 atom stereocenters. The Morgan fingerprint density at radius 3 is 2.44 bits per heavy atom. The first-order valence-electron chi connectivity index (χ1n) is 8.93. The number of nitrogens with one attached hydrogen (secondary N) is 1. The van der Waals surface area contributed by atoms with E-state index in [1.807, 2.05) is 49.4 Å². The van der Waals surface area contributed by atoms with Crippen LogP contribution < -0.4 is 14.8 Å². The monoisotopic (exact) mass is 370 g/mol. The highest BCUT2D eigenvalue weighted by atomic mass is 16.5. The van der Waals surface area contributed by atoms with Crippen LogP contribution in [0.15, 0.2) is 54.6 Å². The van der Waals surface area contributed by atoms with Crippen molar-refractivity contribution in [3.63, 3.8) is 0 Å². The molecular weight excluding hydrogens is 344 g/mol. The van der Waals surface area contributed by atoms with Gasteiger partial charge in [-0.3, -0.25) is 9.59 Å². The van der Waals surface area contributed by atoms with Gasteiger partial charge in [0.1, 0.15) is 17.5 Å². The Morgan fingerprint density at radius 1 is 1.07 bits per heavy atom. The third kappa shape index (κ3) is 6.02. The zero-order chi connectivity index (χ0) is 19.6. The summed E-state index contributed by atoms with van der Waals surface area (Å²) in [5, 5.41) is 2.76. The van der Waals surface area contributed by atoms with Crippen LogP contribution in [0.2, 0.25) is 0 Å². The number of methoxy groups -OCH3 is 1. The molecule has 0 radical (unpaired) electrons. The van der Waals surface area contributed by atoms with Crippen LogP contribution in [0, 0.1) is 0 Å². The standard InChI is InChI=1S/C21H26N2O4/c1-4-22-21(25)16(2)23(14-17-9-8-12-19(13-17)26-3)20(24)15-27-18-10-6-5-7-11-18/h5-13,16H,4,14-15H2,1-3H3,(H,22,25)/t16-/m0/s1. The first-order chi connectivity index (χ1) is 13.0. The number of carbonyl (C=O) groups excluding carboxylic acids is 2. The lowest BCUT2D eigenvalue weighted by Crippen LogP contribution is -2.49. The fourth-order valence-electron chi connectivity index (χ4n) is 2.62. The van der Waals surface area contributed by atoms with Crippen LogP contribution >= 0.6 is 0 Å². The van der Waals surface area contributed by atoms with Crippen molar-refractivity contribution in [2.75, 3.05) is 20.3 Å². The molecule has 1 N–H and O–H groups in total. The molecule has 0 saturated carbocycles. The highest BCUT2D eigenvalue weighted by Crippen LogP contribution is 2.16. The highest BCUT2D eigenvalue weighted by Gasteiger charge is 2.26. The highest BCUT2D eigenvalue weighted by molar-refractivity contribution is 5.87. The maximum absolute atomic E-state index is 12.8. The van der Waals surface area contributed by atoms with Gasteiger partial charge in [0.25, 0.3) is 5.91 Å². The van der Waals surface area contributed by atoms with Gasteiger partial charge in [-0.05, 0) is 43.7 Å². The van der Waals surface area contributed by atoms with E-state index < -0.39 is 6.04 Å². The Labute approximate surface area is 160 Å². The van der Waals surface area contributed by atoms with Gasteiger partial charge in [-0.2, -0.15) is 0 Å². The summed E-state index contributed by atoms with van der Waals surface area (Å²) in [6.45, 7) is 4.21. The van der Waals surface area contributed by atoms with Gasteiger partial charge in [-0.25, -0.2) is 0 Å². The van der Waals surface area contributed by atoms with E-state index in [9.17, 15) is 9.59 Å². The fourth-order valence-corrected chi connectivity index (χ4v) is 2.62. The minimum atomic E-state index is -0.622. The quantitative estimate of drug-likeness (QED) is 0.737. The average Bonchev–Trinajstić information content (AvgIpc) is 2.70. The molecule has 0 aliphatic carbocycles. The van der Waals surface area contributed by atoms with Gasteiger partial charge in [0.2, 0.25) is 5.91 Å². The molecule has 0 saturated heterocycles. The fraction of sp³-hybridized carbons (Fsp3) is 0.333. The van der Waals surface area contributed by atoms with Crippen LogP contribution in [0.3, 0.4) is 0 Å². The lowest BCUT2D eigenvalue weighted by molar-refractivity contribution is -0.142. The van der Waals surface area contributed by atoms with Gasteiger partial charge in [0.15, 0.2) is 6.61 Å². The van der Waals surface area contributed by atoms with E-state index in [1.54, 1.807) is 26.2 Å². The van der Waals surface area contributed by atoms with Crippen LogP contribution in [0.25, 0.3) is 0 Å². The van der Waals surface area contributed by atoms with Crippen LogP contribution in [-0.4, -0.2) is 43.0 Å². The smallest absolute Gasteiger partial charge is 0.261 e. The third-order valence-electron chi connectivity index (χ3n) is 4.11. The molecule has 0 bridgehead atoms. The van der Waals surface area contributed by atoms with Crippen molar-refractivity contribution in [2.24, 2.45) is 0 Å². The Bertz CT molecular complexity index is 749. The van der Waals surface area contributed by atoms with E-state index in [1.165, 1.54) is 4.90 Å². The minimum Gasteiger partial charge on any atom is -0.497 e. The Hall–Kier alpha value is -3.02. The maximum Gasteiger partial charge on any atom is 0.261 e. The number of likely N-dealkylation sites (N-methyl/N-ethyl adjacent to an activating group) is 1. The molecule has 0 aliphatic heterocycles. The van der Waals surface area contributed by atoms with E-state index in [2.05, 4.69) is 5.32 Å². The lowest BCUT2D eigenvalue weighted by atomic mass is 10.1. The second-order valence-electron chi connectivity index (χ2n) is 6.05. The van der Waals surface area contributed by atoms with Crippen molar-refractivity contribution in [2.45, 2.75) is 26.4 Å². The number of benzene rings is 2. The summed E-state index contributed by atoms with van der Waals surface area (Å²) in [7, 11) is 1.59. The molecule has 2 amide bonds. The molecular formula is C21H26N2O4. The number of amides is 2. The van der Waals surface area contributed by atoms with E-state index in [0.717, 1.165) is 5.56 Å². The topological polar surface area (TPSA) is 67.9 Å². The predicted octanol–water partition coefficient (Wildman–Crippen LogP) is 2.63. The SMILES string of the molecule is CCNC(=O)[C@H](C)N(Cc1cccc(OC)c1)C(=O)COc1ccccc1. The summed E-state index contributed by atoms with van der Waals surface area (Å²) >= 11 is 0. The van der Waals surface area contributed by atoms with Crippen LogP contribution in [0.4, 0.5) is 0 Å². The third-order valence-corrected chi connectivity index (χ3v) is 4.11. The first kappa shape index (κ1) is 20.3. The summed E-state index contributed by atoms with van der Waals surface area (Å²) in [5.74, 6) is 0.845. The summed E-state index contributed by atoms with van der Waals surface area (Å²) < 4.78 is 10.8. The molecule has 6 heteroatoms. The summed E-state index contributed by atoms with van der Waals surface area (Å²) in [4.78, 5) is 26.6. The van der Waals surface area contributed by atoms with Crippen molar-refractivity contribution in [1.82, 2.24) is 10.2 Å². The normalized spacial score (nSPS) is 11.4. The molecule has 0 heterocycles. The van der Waals surface area contributed by atoms with Crippen LogP contribution in [0.5, 0.6) is 11.5 Å². The van der Waals surface area contributed by atoms with Gasteiger partial charge in [-0.15, -0.1) is 0 Å². The molecule has 2 rings (SSSR count). The van der Waals surface area contributed by atoms with Gasteiger partial charge in [-0.1, -0.05) is 30.3 Å². The van der Waals surface area contributed by atoms with E-state index in [4.69, 9.17) is 9.47 Å². The second kappa shape index (κ2) is 10.2. The van der Waals surface area contributed by atoms with E-state index >= 15 is 0 Å². The number of hydrogen-bond acceptors (Lipinski definition) is 4. The molecule has 0 fully saturated rings. The van der Waals surface area contributed by atoms with Crippen LogP contribution in [-0.2, 0) is 16.1 Å². The molecule has 2 aromatic carbocycles. The average molecular weight is 370 g/mol. The van der Waals surface area contributed by atoms with Crippen molar-refractivity contribution in [3.8, 4) is 11.5 Å². The molecule has 0 aromatic heterocycles. The van der Waals surface area contributed by atoms with Gasteiger partial charge in [0.05, 0.1) is 7.11 Å². The largest absolute Gasteiger partial charge is 0.497 e. The molecule has 0 aliphatic rings. The summed E-state index contributed by atoms with van der Waals surface area (Å²) in [6, 6.07) is 15.9. The van der Waals surface area contributed by atoms with E-state index in [-0.39, 0.29) is 25.0 Å². The molecule has 144 valence electrons. The van der Waals surface area contributed by atoms with E-state index in [0.29, 0.717) is 18.0 Å². The minimum absolute atomic E-state index is 0.141. The van der Waals surface area contributed by atoms with Gasteiger partial charge in [0, 0.05) is 13.1 Å². The molecule has 2 aromatic rings. The number of para-hydroxylation sites is 1.